The average molecular weight is 389 g/mol. The van der Waals surface area contributed by atoms with Crippen LogP contribution in [-0.2, 0) is 19.7 Å². The predicted molar refractivity (Wildman–Crippen MR) is 98.9 cm³/mol. The number of morpholine rings is 1. The molecule has 3 fully saturated rings. The quantitative estimate of drug-likeness (QED) is 0.669. The number of carbonyl (C=O) groups is 1. The lowest BCUT2D eigenvalue weighted by molar-refractivity contribution is -0.141. The number of likely N-dealkylation sites (tertiary alicyclic amines) is 1. The fourth-order valence-corrected chi connectivity index (χ4v) is 5.38. The minimum absolute atomic E-state index is 0.0744. The normalized spacial score (nSPS) is 27.8. The van der Waals surface area contributed by atoms with Gasteiger partial charge in [0.15, 0.2) is 0 Å². The first-order chi connectivity index (χ1) is 12.4. The highest BCUT2D eigenvalue weighted by molar-refractivity contribution is 7.86. The molecule has 0 aromatic rings. The molecular formula is C17H32N4O4S. The van der Waals surface area contributed by atoms with E-state index < -0.39 is 10.2 Å². The van der Waals surface area contributed by atoms with Gasteiger partial charge in [-0.25, -0.2) is 0 Å². The maximum absolute atomic E-state index is 12.8. The summed E-state index contributed by atoms with van der Waals surface area (Å²) >= 11 is 0. The van der Waals surface area contributed by atoms with E-state index in [4.69, 9.17) is 4.74 Å². The Balaban J connectivity index is 1.53. The lowest BCUT2D eigenvalue weighted by atomic mass is 9.93. The van der Waals surface area contributed by atoms with Crippen LogP contribution in [0, 0.1) is 5.92 Å². The summed E-state index contributed by atoms with van der Waals surface area (Å²) in [6.07, 6.45) is 3.68. The first-order valence-electron chi connectivity index (χ1n) is 9.68. The third kappa shape index (κ3) is 4.39. The van der Waals surface area contributed by atoms with Crippen molar-refractivity contribution >= 4 is 16.1 Å². The van der Waals surface area contributed by atoms with E-state index in [1.807, 2.05) is 4.90 Å². The third-order valence-electron chi connectivity index (χ3n) is 5.85. The highest BCUT2D eigenvalue weighted by Crippen LogP contribution is 2.26. The molecule has 8 nitrogen and oxygen atoms in total. The second kappa shape index (κ2) is 8.52. The number of piperidine rings is 2. The SMILES string of the molecule is CN(C)S(=O)(=O)N1CCC(N2CCC[C@H](C(=O)N3CCOCC3)C2)CC1. The van der Waals surface area contributed by atoms with Crippen molar-refractivity contribution in [2.24, 2.45) is 5.92 Å². The summed E-state index contributed by atoms with van der Waals surface area (Å²) < 4.78 is 32.7. The Morgan fingerprint density at radius 3 is 2.27 bits per heavy atom. The van der Waals surface area contributed by atoms with Gasteiger partial charge >= 0.3 is 0 Å². The number of nitrogens with zero attached hydrogens (tertiary/aromatic N) is 4. The summed E-state index contributed by atoms with van der Waals surface area (Å²) in [4.78, 5) is 17.2. The lowest BCUT2D eigenvalue weighted by Gasteiger charge is -2.43. The zero-order chi connectivity index (χ0) is 18.7. The number of rotatable bonds is 4. The molecule has 3 rings (SSSR count). The number of amides is 1. The van der Waals surface area contributed by atoms with Crippen LogP contribution in [0.25, 0.3) is 0 Å². The van der Waals surface area contributed by atoms with Crippen molar-refractivity contribution in [1.82, 2.24) is 18.4 Å². The van der Waals surface area contributed by atoms with Gasteiger partial charge < -0.3 is 9.64 Å². The van der Waals surface area contributed by atoms with Gasteiger partial charge in [0.1, 0.15) is 0 Å². The molecule has 3 aliphatic rings. The molecule has 3 saturated heterocycles. The van der Waals surface area contributed by atoms with Crippen LogP contribution in [-0.4, -0.2) is 105 Å². The Morgan fingerprint density at radius 1 is 1.00 bits per heavy atom. The Morgan fingerprint density at radius 2 is 1.65 bits per heavy atom. The van der Waals surface area contributed by atoms with Crippen molar-refractivity contribution in [3.05, 3.63) is 0 Å². The fraction of sp³-hybridized carbons (Fsp3) is 0.941. The van der Waals surface area contributed by atoms with Crippen LogP contribution in [0.1, 0.15) is 25.7 Å². The van der Waals surface area contributed by atoms with Crippen molar-refractivity contribution < 1.29 is 17.9 Å². The van der Waals surface area contributed by atoms with E-state index >= 15 is 0 Å². The van der Waals surface area contributed by atoms with Crippen molar-refractivity contribution in [3.63, 3.8) is 0 Å². The molecule has 0 unspecified atom stereocenters. The minimum Gasteiger partial charge on any atom is -0.378 e. The molecule has 0 aliphatic carbocycles. The summed E-state index contributed by atoms with van der Waals surface area (Å²) in [6, 6.07) is 0.379. The third-order valence-corrected chi connectivity index (χ3v) is 7.79. The summed E-state index contributed by atoms with van der Waals surface area (Å²) in [5.41, 5.74) is 0. The maximum atomic E-state index is 12.8. The van der Waals surface area contributed by atoms with Crippen molar-refractivity contribution in [2.45, 2.75) is 31.7 Å². The second-order valence-electron chi connectivity index (χ2n) is 7.69. The van der Waals surface area contributed by atoms with Gasteiger partial charge in [0.05, 0.1) is 19.1 Å². The van der Waals surface area contributed by atoms with Gasteiger partial charge in [-0.15, -0.1) is 0 Å². The van der Waals surface area contributed by atoms with Crippen LogP contribution >= 0.6 is 0 Å². The largest absolute Gasteiger partial charge is 0.378 e. The van der Waals surface area contributed by atoms with Crippen LogP contribution in [0.5, 0.6) is 0 Å². The van der Waals surface area contributed by atoms with Crippen molar-refractivity contribution in [3.8, 4) is 0 Å². The molecule has 9 heteroatoms. The van der Waals surface area contributed by atoms with Gasteiger partial charge in [0, 0.05) is 52.9 Å². The molecule has 0 saturated carbocycles. The van der Waals surface area contributed by atoms with Gasteiger partial charge in [-0.1, -0.05) is 0 Å². The first kappa shape index (κ1) is 20.0. The van der Waals surface area contributed by atoms with Crippen LogP contribution in [0.15, 0.2) is 0 Å². The Bertz CT molecular complexity index is 584. The molecule has 26 heavy (non-hydrogen) atoms. The number of ether oxygens (including phenoxy) is 1. The van der Waals surface area contributed by atoms with Gasteiger partial charge in [-0.05, 0) is 32.2 Å². The molecule has 0 spiro atoms. The molecule has 0 aromatic heterocycles. The van der Waals surface area contributed by atoms with Gasteiger partial charge in [0.25, 0.3) is 10.2 Å². The summed E-state index contributed by atoms with van der Waals surface area (Å²) in [5.74, 6) is 0.344. The Kier molecular flexibility index (Phi) is 6.55. The average Bonchev–Trinajstić information content (AvgIpc) is 2.68. The Labute approximate surface area is 157 Å². The molecule has 1 atom stereocenters. The molecule has 150 valence electrons. The number of carbonyl (C=O) groups excluding carboxylic acids is 1. The van der Waals surface area contributed by atoms with E-state index in [0.717, 1.165) is 38.8 Å². The summed E-state index contributed by atoms with van der Waals surface area (Å²) in [7, 11) is -0.163. The van der Waals surface area contributed by atoms with E-state index in [1.165, 1.54) is 4.31 Å². The van der Waals surface area contributed by atoms with E-state index in [-0.39, 0.29) is 11.8 Å². The number of hydrogen-bond donors (Lipinski definition) is 0. The fourth-order valence-electron chi connectivity index (χ4n) is 4.25. The summed E-state index contributed by atoms with van der Waals surface area (Å²) in [6.45, 7) is 5.63. The van der Waals surface area contributed by atoms with Crippen LogP contribution in [0.3, 0.4) is 0 Å². The number of hydrogen-bond acceptors (Lipinski definition) is 5. The molecule has 0 aromatic carbocycles. The van der Waals surface area contributed by atoms with Crippen molar-refractivity contribution in [2.75, 3.05) is 66.6 Å². The molecular weight excluding hydrogens is 356 g/mol. The molecule has 0 N–H and O–H groups in total. The lowest BCUT2D eigenvalue weighted by Crippen LogP contribution is -2.53. The van der Waals surface area contributed by atoms with E-state index in [0.29, 0.717) is 45.4 Å². The van der Waals surface area contributed by atoms with Crippen LogP contribution in [0.2, 0.25) is 0 Å². The van der Waals surface area contributed by atoms with Gasteiger partial charge in [0.2, 0.25) is 5.91 Å². The standard InChI is InChI=1S/C17H32N4O4S/c1-18(2)26(23,24)21-8-5-16(6-9-21)20-7-3-4-15(14-20)17(22)19-10-12-25-13-11-19/h15-16H,3-14H2,1-2H3/t15-/m0/s1. The smallest absolute Gasteiger partial charge is 0.281 e. The van der Waals surface area contributed by atoms with E-state index in [2.05, 4.69) is 4.90 Å². The zero-order valence-corrected chi connectivity index (χ0v) is 16.8. The first-order valence-corrected chi connectivity index (χ1v) is 11.1. The topological polar surface area (TPSA) is 73.4 Å². The molecule has 0 radical (unpaired) electrons. The molecule has 1 amide bonds. The van der Waals surface area contributed by atoms with Gasteiger partial charge in [-0.2, -0.15) is 17.0 Å². The van der Waals surface area contributed by atoms with E-state index in [1.54, 1.807) is 18.4 Å². The predicted octanol–water partition coefficient (Wildman–Crippen LogP) is -0.172. The van der Waals surface area contributed by atoms with Gasteiger partial charge in [-0.3, -0.25) is 9.69 Å². The zero-order valence-electron chi connectivity index (χ0n) is 16.0. The molecule has 3 heterocycles. The maximum Gasteiger partial charge on any atom is 0.281 e. The van der Waals surface area contributed by atoms with Crippen LogP contribution < -0.4 is 0 Å². The molecule has 3 aliphatic heterocycles. The highest BCUT2D eigenvalue weighted by atomic mass is 32.2. The summed E-state index contributed by atoms with van der Waals surface area (Å²) in [5, 5.41) is 0. The highest BCUT2D eigenvalue weighted by Gasteiger charge is 2.36. The van der Waals surface area contributed by atoms with Crippen molar-refractivity contribution in [1.29, 1.82) is 0 Å². The van der Waals surface area contributed by atoms with E-state index in [9.17, 15) is 13.2 Å². The second-order valence-corrected chi connectivity index (χ2v) is 9.83. The Hall–Kier alpha value is -0.740. The van der Waals surface area contributed by atoms with Crippen LogP contribution in [0.4, 0.5) is 0 Å². The molecule has 0 bridgehead atoms. The minimum atomic E-state index is -3.32. The monoisotopic (exact) mass is 388 g/mol.